The molecule has 0 aromatic heterocycles. The molecule has 2 heterocycles. The zero-order chi connectivity index (χ0) is 19.2. The fraction of sp³-hybridized carbons (Fsp3) is 1.00. The molecule has 25 heavy (non-hydrogen) atoms. The summed E-state index contributed by atoms with van der Waals surface area (Å²) >= 11 is 11.4. The Balaban J connectivity index is 2.31. The van der Waals surface area contributed by atoms with Crippen LogP contribution in [0.3, 0.4) is 0 Å². The molecule has 13 heteroatoms. The molecule has 0 aliphatic carbocycles. The SMILES string of the molecule is OC[C@H]1OC(CO)(O[C@]2(Cl)O[C@H](C(O)Cl)[C@@H](O)[C@H](O)[C@H]2O)[C@@H](O)[C@@H]1O. The van der Waals surface area contributed by atoms with E-state index in [9.17, 15) is 35.7 Å². The van der Waals surface area contributed by atoms with Gasteiger partial charge >= 0.3 is 0 Å². The van der Waals surface area contributed by atoms with Gasteiger partial charge < -0.3 is 50.3 Å². The van der Waals surface area contributed by atoms with Crippen LogP contribution in [0.2, 0.25) is 0 Å². The van der Waals surface area contributed by atoms with Crippen molar-refractivity contribution in [1.29, 1.82) is 0 Å². The average Bonchev–Trinajstić information content (AvgIpc) is 2.81. The molecule has 0 radical (unpaired) electrons. The van der Waals surface area contributed by atoms with Gasteiger partial charge in [0.1, 0.15) is 43.2 Å². The summed E-state index contributed by atoms with van der Waals surface area (Å²) in [6.45, 7) is -1.84. The van der Waals surface area contributed by atoms with Crippen LogP contribution in [0.4, 0.5) is 0 Å². The lowest BCUT2D eigenvalue weighted by atomic mass is 9.98. The van der Waals surface area contributed by atoms with E-state index in [4.69, 9.17) is 42.5 Å². The van der Waals surface area contributed by atoms with E-state index in [-0.39, 0.29) is 0 Å². The standard InChI is InChI=1S/C12H20Cl2O11/c13-10(22)7-5(18)6(19)9(21)12(14,24-7)25-11(2-16)8(20)4(17)3(1-15)23-11/h3-10,15-22H,1-2H2/t3-,4-,5+,6+,7+,8+,9-,10?,11?,12-/m1/s1. The fourth-order valence-electron chi connectivity index (χ4n) is 2.70. The quantitative estimate of drug-likeness (QED) is 0.205. The van der Waals surface area contributed by atoms with E-state index in [0.29, 0.717) is 0 Å². The summed E-state index contributed by atoms with van der Waals surface area (Å²) in [7, 11) is 0. The molecule has 2 unspecified atom stereocenters. The maximum atomic E-state index is 10.1. The van der Waals surface area contributed by atoms with Gasteiger partial charge in [-0.25, -0.2) is 0 Å². The maximum absolute atomic E-state index is 10.1. The molecule has 0 bridgehead atoms. The van der Waals surface area contributed by atoms with Gasteiger partial charge in [-0.2, -0.15) is 0 Å². The third kappa shape index (κ3) is 3.62. The summed E-state index contributed by atoms with van der Waals surface area (Å²) in [6.07, 6.45) is -12.6. The number of rotatable bonds is 5. The van der Waals surface area contributed by atoms with E-state index >= 15 is 0 Å². The van der Waals surface area contributed by atoms with Crippen molar-refractivity contribution in [2.24, 2.45) is 0 Å². The first-order chi connectivity index (χ1) is 11.5. The number of alkyl halides is 2. The molecule has 0 spiro atoms. The van der Waals surface area contributed by atoms with Crippen LogP contribution >= 0.6 is 23.2 Å². The Morgan fingerprint density at radius 2 is 1.56 bits per heavy atom. The highest BCUT2D eigenvalue weighted by atomic mass is 35.5. The van der Waals surface area contributed by atoms with Gasteiger partial charge in [0.05, 0.1) is 6.61 Å². The molecule has 2 aliphatic rings. The molecule has 11 nitrogen and oxygen atoms in total. The largest absolute Gasteiger partial charge is 0.394 e. The van der Waals surface area contributed by atoms with E-state index < -0.39 is 72.5 Å². The molecule has 2 saturated heterocycles. The van der Waals surface area contributed by atoms with Crippen LogP contribution in [0.15, 0.2) is 0 Å². The van der Waals surface area contributed by atoms with Gasteiger partial charge in [-0.05, 0) is 0 Å². The summed E-state index contributed by atoms with van der Waals surface area (Å²) < 4.78 is 15.3. The highest BCUT2D eigenvalue weighted by Crippen LogP contribution is 2.43. The second-order valence-electron chi connectivity index (χ2n) is 5.81. The number of aliphatic hydroxyl groups is 8. The zero-order valence-corrected chi connectivity index (χ0v) is 14.1. The third-order valence-corrected chi connectivity index (χ3v) is 4.79. The predicted molar refractivity (Wildman–Crippen MR) is 78.2 cm³/mol. The number of hydrogen-bond acceptors (Lipinski definition) is 11. The Hall–Kier alpha value is 0.140. The molecule has 148 valence electrons. The molecular formula is C12H20Cl2O11. The molecule has 0 saturated carbocycles. The molecule has 0 amide bonds. The second-order valence-corrected chi connectivity index (χ2v) is 6.78. The van der Waals surface area contributed by atoms with Gasteiger partial charge in [0, 0.05) is 0 Å². The molecule has 0 aromatic carbocycles. The van der Waals surface area contributed by atoms with Crippen LogP contribution in [0, 0.1) is 0 Å². The first kappa shape index (κ1) is 21.4. The lowest BCUT2D eigenvalue weighted by molar-refractivity contribution is -0.404. The van der Waals surface area contributed by atoms with Crippen LogP contribution < -0.4 is 0 Å². The van der Waals surface area contributed by atoms with Gasteiger partial charge in [0.15, 0.2) is 11.7 Å². The van der Waals surface area contributed by atoms with Gasteiger partial charge in [-0.3, -0.25) is 4.74 Å². The minimum atomic E-state index is -2.74. The predicted octanol–water partition coefficient (Wildman–Crippen LogP) is -4.26. The summed E-state index contributed by atoms with van der Waals surface area (Å²) in [5.41, 5.74) is -1.87. The van der Waals surface area contributed by atoms with Crippen LogP contribution in [0.25, 0.3) is 0 Å². The summed E-state index contributed by atoms with van der Waals surface area (Å²) in [6, 6.07) is 0. The van der Waals surface area contributed by atoms with Crippen molar-refractivity contribution in [2.75, 3.05) is 13.2 Å². The lowest BCUT2D eigenvalue weighted by Crippen LogP contribution is -2.68. The zero-order valence-electron chi connectivity index (χ0n) is 12.6. The minimum absolute atomic E-state index is 0.744. The van der Waals surface area contributed by atoms with E-state index in [1.165, 1.54) is 0 Å². The molecule has 0 aromatic rings. The Morgan fingerprint density at radius 1 is 0.960 bits per heavy atom. The summed E-state index contributed by atoms with van der Waals surface area (Å²) in [4.78, 5) is 0. The molecule has 10 atom stereocenters. The van der Waals surface area contributed by atoms with Crippen molar-refractivity contribution < 1.29 is 55.1 Å². The number of ether oxygens (including phenoxy) is 3. The van der Waals surface area contributed by atoms with Crippen molar-refractivity contribution in [2.45, 2.75) is 59.3 Å². The Labute approximate surface area is 151 Å². The second kappa shape index (κ2) is 7.64. The van der Waals surface area contributed by atoms with Crippen molar-refractivity contribution in [3.8, 4) is 0 Å². The number of aliphatic hydroxyl groups excluding tert-OH is 8. The number of hydrogen-bond donors (Lipinski definition) is 8. The lowest BCUT2D eigenvalue weighted by Gasteiger charge is -2.48. The van der Waals surface area contributed by atoms with Crippen LogP contribution in [0.1, 0.15) is 0 Å². The van der Waals surface area contributed by atoms with E-state index in [2.05, 4.69) is 0 Å². The van der Waals surface area contributed by atoms with E-state index in [0.717, 1.165) is 0 Å². The van der Waals surface area contributed by atoms with Crippen molar-refractivity contribution in [3.63, 3.8) is 0 Å². The van der Waals surface area contributed by atoms with Crippen LogP contribution in [0.5, 0.6) is 0 Å². The van der Waals surface area contributed by atoms with Crippen LogP contribution in [-0.4, -0.2) is 113 Å². The summed E-state index contributed by atoms with van der Waals surface area (Å²) in [5.74, 6) is -2.45. The van der Waals surface area contributed by atoms with E-state index in [1.54, 1.807) is 0 Å². The number of halogens is 2. The monoisotopic (exact) mass is 410 g/mol. The van der Waals surface area contributed by atoms with Gasteiger partial charge in [-0.1, -0.05) is 23.2 Å². The first-order valence-electron chi connectivity index (χ1n) is 7.22. The smallest absolute Gasteiger partial charge is 0.281 e. The topological polar surface area (TPSA) is 190 Å². The van der Waals surface area contributed by atoms with E-state index in [1.807, 2.05) is 0 Å². The Morgan fingerprint density at radius 3 is 2.00 bits per heavy atom. The Kier molecular flexibility index (Phi) is 6.55. The van der Waals surface area contributed by atoms with Gasteiger partial charge in [0.2, 0.25) is 5.79 Å². The van der Waals surface area contributed by atoms with Crippen molar-refractivity contribution in [3.05, 3.63) is 0 Å². The summed E-state index contributed by atoms with van der Waals surface area (Å²) in [5, 5.41) is 75.0. The Bertz CT molecular complexity index is 470. The normalized spacial score (nSPS) is 52.3. The van der Waals surface area contributed by atoms with Gasteiger partial charge in [-0.15, -0.1) is 0 Å². The first-order valence-corrected chi connectivity index (χ1v) is 8.03. The van der Waals surface area contributed by atoms with Crippen molar-refractivity contribution in [1.82, 2.24) is 0 Å². The molecule has 2 rings (SSSR count). The fourth-order valence-corrected chi connectivity index (χ4v) is 3.26. The third-order valence-electron chi connectivity index (χ3n) is 4.15. The highest BCUT2D eigenvalue weighted by Gasteiger charge is 2.63. The molecule has 2 aliphatic heterocycles. The average molecular weight is 411 g/mol. The maximum Gasteiger partial charge on any atom is 0.281 e. The minimum Gasteiger partial charge on any atom is -0.394 e. The van der Waals surface area contributed by atoms with Crippen LogP contribution in [-0.2, 0) is 14.2 Å². The highest BCUT2D eigenvalue weighted by molar-refractivity contribution is 6.22. The molecule has 8 N–H and O–H groups in total. The van der Waals surface area contributed by atoms with Gasteiger partial charge in [0.25, 0.3) is 5.25 Å². The van der Waals surface area contributed by atoms with Crippen molar-refractivity contribution >= 4 is 23.2 Å². The molecular weight excluding hydrogens is 391 g/mol. The molecule has 2 fully saturated rings.